The zero-order valence-corrected chi connectivity index (χ0v) is 17.4. The number of aromatic carboxylic acids is 1. The summed E-state index contributed by atoms with van der Waals surface area (Å²) in [5.41, 5.74) is 4.38. The van der Waals surface area contributed by atoms with Crippen LogP contribution in [0.1, 0.15) is 10.4 Å². The van der Waals surface area contributed by atoms with Crippen LogP contribution in [0.3, 0.4) is 0 Å². The Kier molecular flexibility index (Phi) is 6.53. The van der Waals surface area contributed by atoms with Gasteiger partial charge < -0.3 is 19.5 Å². The zero-order chi connectivity index (χ0) is 19.3. The summed E-state index contributed by atoms with van der Waals surface area (Å²) in [7, 11) is 0. The maximum absolute atomic E-state index is 10.2. The smallest absolute Gasteiger partial charge is 0.521 e. The Morgan fingerprint density at radius 1 is 0.931 bits per heavy atom. The fourth-order valence-electron chi connectivity index (χ4n) is 2.99. The summed E-state index contributed by atoms with van der Waals surface area (Å²) in [4.78, 5) is 18.8. The Morgan fingerprint density at radius 2 is 1.72 bits per heavy atom. The van der Waals surface area contributed by atoms with Gasteiger partial charge in [-0.1, -0.05) is 23.8 Å². The third-order valence-corrected chi connectivity index (χ3v) is 4.20. The average molecular weight is 560 g/mol. The van der Waals surface area contributed by atoms with Crippen molar-refractivity contribution in [3.63, 3.8) is 0 Å². The van der Waals surface area contributed by atoms with Gasteiger partial charge in [-0.2, -0.15) is 6.07 Å². The minimum Gasteiger partial charge on any atom is -0.521 e. The molecular formula is C23H15N3O2Pt. The number of aromatic nitrogens is 3. The van der Waals surface area contributed by atoms with Gasteiger partial charge in [0.2, 0.25) is 5.97 Å². The van der Waals surface area contributed by atoms with Crippen LogP contribution in [0.25, 0.3) is 27.6 Å². The Labute approximate surface area is 181 Å². The van der Waals surface area contributed by atoms with Gasteiger partial charge in [0.15, 0.2) is 0 Å². The number of nitrogens with zero attached hydrogens (tertiary/aromatic N) is 3. The first kappa shape index (κ1) is 20.4. The maximum atomic E-state index is 10.2. The van der Waals surface area contributed by atoms with E-state index in [1.165, 1.54) is 6.07 Å². The Morgan fingerprint density at radius 3 is 2.41 bits per heavy atom. The van der Waals surface area contributed by atoms with Gasteiger partial charge in [-0.25, -0.2) is 0 Å². The molecule has 3 aromatic heterocycles. The fourth-order valence-corrected chi connectivity index (χ4v) is 2.99. The van der Waals surface area contributed by atoms with Crippen LogP contribution in [-0.2, 0) is 21.1 Å². The molecule has 0 unspecified atom stereocenters. The molecule has 144 valence electrons. The van der Waals surface area contributed by atoms with Gasteiger partial charge in [0, 0.05) is 17.4 Å². The molecule has 0 bridgehead atoms. The fraction of sp³-hybridized carbons (Fsp3) is 0. The predicted molar refractivity (Wildman–Crippen MR) is 107 cm³/mol. The van der Waals surface area contributed by atoms with E-state index in [1.807, 2.05) is 36.7 Å². The van der Waals surface area contributed by atoms with Crippen molar-refractivity contribution in [2.45, 2.75) is 0 Å². The van der Waals surface area contributed by atoms with Crippen molar-refractivity contribution in [1.82, 2.24) is 14.5 Å². The van der Waals surface area contributed by atoms with E-state index in [1.54, 1.807) is 24.4 Å². The second kappa shape index (κ2) is 9.26. The molecule has 0 spiro atoms. The van der Waals surface area contributed by atoms with Crippen LogP contribution in [0.15, 0.2) is 85.3 Å². The molecule has 5 nitrogen and oxygen atoms in total. The van der Waals surface area contributed by atoms with Crippen molar-refractivity contribution in [3.8, 4) is 5.69 Å². The van der Waals surface area contributed by atoms with E-state index in [4.69, 9.17) is 5.11 Å². The monoisotopic (exact) mass is 560 g/mol. The second-order valence-corrected chi connectivity index (χ2v) is 5.94. The van der Waals surface area contributed by atoms with Crippen molar-refractivity contribution >= 4 is 27.9 Å². The number of hydrogen-bond donors (Lipinski definition) is 1. The quantitative estimate of drug-likeness (QED) is 0.322. The summed E-state index contributed by atoms with van der Waals surface area (Å²) >= 11 is 0. The number of carboxylic acids is 1. The zero-order valence-electron chi connectivity index (χ0n) is 15.1. The minimum atomic E-state index is -0.935. The van der Waals surface area contributed by atoms with Crippen LogP contribution >= 0.6 is 0 Å². The Balaban J connectivity index is 0.000000205. The van der Waals surface area contributed by atoms with Crippen LogP contribution in [0.2, 0.25) is 0 Å². The molecular weight excluding hydrogens is 545 g/mol. The predicted octanol–water partition coefficient (Wildman–Crippen LogP) is 4.56. The van der Waals surface area contributed by atoms with Crippen molar-refractivity contribution in [3.05, 3.63) is 103 Å². The van der Waals surface area contributed by atoms with Gasteiger partial charge in [0.25, 0.3) is 0 Å². The summed E-state index contributed by atoms with van der Waals surface area (Å²) < 4.78 is 2.17. The van der Waals surface area contributed by atoms with Crippen molar-refractivity contribution in [1.29, 1.82) is 0 Å². The molecule has 0 radical (unpaired) electrons. The molecule has 2 aromatic carbocycles. The van der Waals surface area contributed by atoms with Gasteiger partial charge in [-0.05, 0) is 47.7 Å². The van der Waals surface area contributed by atoms with Crippen molar-refractivity contribution in [2.24, 2.45) is 0 Å². The number of benzene rings is 2. The summed E-state index contributed by atoms with van der Waals surface area (Å²) in [5.74, 6) is -0.935. The molecule has 3 heterocycles. The third kappa shape index (κ3) is 4.25. The summed E-state index contributed by atoms with van der Waals surface area (Å²) in [5, 5.41) is 9.36. The normalized spacial score (nSPS) is 10.1. The number of fused-ring (bicyclic) bond motifs is 3. The van der Waals surface area contributed by atoms with E-state index >= 15 is 0 Å². The molecule has 6 heteroatoms. The number of carbonyl (C=O) groups is 1. The number of hydrogen-bond acceptors (Lipinski definition) is 3. The molecule has 0 amide bonds. The van der Waals surface area contributed by atoms with Crippen LogP contribution < -0.4 is 0 Å². The van der Waals surface area contributed by atoms with Crippen molar-refractivity contribution < 1.29 is 31.0 Å². The van der Waals surface area contributed by atoms with Gasteiger partial charge in [0.1, 0.15) is 0 Å². The molecule has 0 aliphatic rings. The van der Waals surface area contributed by atoms with Crippen molar-refractivity contribution in [2.75, 3.05) is 0 Å². The van der Waals surface area contributed by atoms with E-state index in [2.05, 4.69) is 44.9 Å². The molecule has 0 aliphatic carbocycles. The molecule has 0 saturated carbocycles. The van der Waals surface area contributed by atoms with Crippen LogP contribution in [0, 0.1) is 12.1 Å². The number of rotatable bonds is 2. The van der Waals surface area contributed by atoms with E-state index in [-0.39, 0.29) is 26.6 Å². The number of carboxylic acid groups (broad SMARTS) is 1. The summed E-state index contributed by atoms with van der Waals surface area (Å²) in [6.45, 7) is 0. The topological polar surface area (TPSA) is 68.0 Å². The van der Waals surface area contributed by atoms with Gasteiger partial charge in [0.05, 0.1) is 0 Å². The number of pyridine rings is 2. The Hall–Kier alpha value is -3.30. The van der Waals surface area contributed by atoms with Crippen LogP contribution in [0.4, 0.5) is 0 Å². The van der Waals surface area contributed by atoms with E-state index < -0.39 is 5.97 Å². The SMILES string of the molecule is O=C(O)c1[c-]cccc1.[Pt+2].[c-]1cncc2c1c1ncccc1n2-c1ccccc1. The molecule has 0 saturated heterocycles. The third-order valence-electron chi connectivity index (χ3n) is 4.20. The maximum Gasteiger partial charge on any atom is 2.00 e. The minimum absolute atomic E-state index is 0. The van der Waals surface area contributed by atoms with E-state index in [9.17, 15) is 4.79 Å². The summed E-state index contributed by atoms with van der Waals surface area (Å²) in [6, 6.07) is 26.5. The molecule has 29 heavy (non-hydrogen) atoms. The number of para-hydroxylation sites is 1. The van der Waals surface area contributed by atoms with Crippen LogP contribution in [0.5, 0.6) is 0 Å². The van der Waals surface area contributed by atoms with Gasteiger partial charge in [-0.15, -0.1) is 35.7 Å². The first-order valence-electron chi connectivity index (χ1n) is 8.62. The van der Waals surface area contributed by atoms with Gasteiger partial charge >= 0.3 is 21.1 Å². The average Bonchev–Trinajstić information content (AvgIpc) is 3.10. The first-order chi connectivity index (χ1) is 13.8. The molecule has 5 aromatic rings. The summed E-state index contributed by atoms with van der Waals surface area (Å²) in [6.07, 6.45) is 5.36. The van der Waals surface area contributed by atoms with Gasteiger partial charge in [-0.3, -0.25) is 4.98 Å². The second-order valence-electron chi connectivity index (χ2n) is 5.94. The van der Waals surface area contributed by atoms with Crippen LogP contribution in [-0.4, -0.2) is 25.6 Å². The largest absolute Gasteiger partial charge is 2.00 e. The van der Waals surface area contributed by atoms with E-state index in [0.29, 0.717) is 0 Å². The molecule has 0 aliphatic heterocycles. The molecule has 1 N–H and O–H groups in total. The standard InChI is InChI=1S/C16H10N3.C7H5O2.Pt/c1-2-5-12(6-3-1)19-14-7-4-9-18-16(14)13-8-10-17-11-15(13)19;8-7(9)6-4-2-1-3-5-6;/h1-7,9-11H;1-4H,(H,8,9);/q2*-1;+2. The molecule has 0 fully saturated rings. The Bertz CT molecular complexity index is 1190. The first-order valence-corrected chi connectivity index (χ1v) is 8.62. The van der Waals surface area contributed by atoms with E-state index in [0.717, 1.165) is 27.6 Å². The molecule has 0 atom stereocenters. The molecule has 5 rings (SSSR count).